The van der Waals surface area contributed by atoms with Gasteiger partial charge in [-0.2, -0.15) is 0 Å². The van der Waals surface area contributed by atoms with E-state index in [9.17, 15) is 4.79 Å². The van der Waals surface area contributed by atoms with E-state index in [4.69, 9.17) is 25.6 Å². The first-order valence-corrected chi connectivity index (χ1v) is 14.1. The molecule has 5 rings (SSSR count). The van der Waals surface area contributed by atoms with Gasteiger partial charge in [-0.1, -0.05) is 18.2 Å². The van der Waals surface area contributed by atoms with E-state index in [2.05, 4.69) is 21.4 Å². The van der Waals surface area contributed by atoms with Crippen LogP contribution in [0.3, 0.4) is 0 Å². The molecule has 212 valence electrons. The molecule has 2 heterocycles. The molecule has 2 unspecified atom stereocenters. The third-order valence-corrected chi connectivity index (χ3v) is 7.27. The van der Waals surface area contributed by atoms with Crippen LogP contribution in [-0.2, 0) is 20.7 Å². The molecule has 0 bridgehead atoms. The summed E-state index contributed by atoms with van der Waals surface area (Å²) in [6, 6.07) is 12.2. The Morgan fingerprint density at radius 1 is 1.18 bits per heavy atom. The Morgan fingerprint density at radius 2 is 1.95 bits per heavy atom. The van der Waals surface area contributed by atoms with Gasteiger partial charge < -0.3 is 29.3 Å². The average Bonchev–Trinajstić information content (AvgIpc) is 3.56. The van der Waals surface area contributed by atoms with Crippen molar-refractivity contribution < 1.29 is 23.8 Å². The van der Waals surface area contributed by atoms with Crippen LogP contribution in [0.15, 0.2) is 41.6 Å². The maximum absolute atomic E-state index is 12.4. The maximum atomic E-state index is 12.4. The Morgan fingerprint density at radius 3 is 2.65 bits per heavy atom. The second-order valence-corrected chi connectivity index (χ2v) is 11.8. The van der Waals surface area contributed by atoms with Gasteiger partial charge in [0.25, 0.3) is 12.2 Å². The number of piperidine rings is 1. The number of likely N-dealkylation sites (tertiary alicyclic amines) is 1. The van der Waals surface area contributed by atoms with E-state index < -0.39 is 11.9 Å². The normalized spacial score (nSPS) is 20.8. The highest BCUT2D eigenvalue weighted by molar-refractivity contribution is 5.96. The lowest BCUT2D eigenvalue weighted by molar-refractivity contribution is -0.0498. The standard InChI is InChI=1S/C31H38N4O5/c1-19(2)37-27-13-10-20(18-26(27)32-6)29-38-28(34-40-29)24-9-7-8-23-22(24)11-12-25(23)33-21-14-16-35(17-15-21)30(36)39-31(3,4)5/h7-10,13,18-19,21,25,29,33H,11-12,14-17H2,1-5H3. The van der Waals surface area contributed by atoms with Crippen LogP contribution in [0.2, 0.25) is 0 Å². The number of benzene rings is 2. The van der Waals surface area contributed by atoms with Gasteiger partial charge in [-0.3, -0.25) is 0 Å². The second-order valence-electron chi connectivity index (χ2n) is 11.8. The minimum absolute atomic E-state index is 0.0243. The Bertz CT molecular complexity index is 1320. The Kier molecular flexibility index (Phi) is 7.90. The van der Waals surface area contributed by atoms with Crippen molar-refractivity contribution in [2.75, 3.05) is 13.1 Å². The molecule has 2 atom stereocenters. The molecule has 1 fully saturated rings. The molecule has 0 saturated carbocycles. The van der Waals surface area contributed by atoms with Crippen molar-refractivity contribution in [3.8, 4) is 5.75 Å². The van der Waals surface area contributed by atoms with Crippen molar-refractivity contribution in [1.29, 1.82) is 0 Å². The molecule has 40 heavy (non-hydrogen) atoms. The van der Waals surface area contributed by atoms with Gasteiger partial charge in [0.05, 0.1) is 12.7 Å². The maximum Gasteiger partial charge on any atom is 0.410 e. The van der Waals surface area contributed by atoms with Crippen LogP contribution in [0.4, 0.5) is 10.5 Å². The van der Waals surface area contributed by atoms with E-state index in [1.165, 1.54) is 11.1 Å². The number of hydrogen-bond donors (Lipinski definition) is 1. The summed E-state index contributed by atoms with van der Waals surface area (Å²) in [5, 5.41) is 8.11. The summed E-state index contributed by atoms with van der Waals surface area (Å²) in [6.45, 7) is 18.5. The van der Waals surface area contributed by atoms with E-state index in [1.54, 1.807) is 12.1 Å². The van der Waals surface area contributed by atoms with Gasteiger partial charge in [0, 0.05) is 36.3 Å². The molecule has 0 radical (unpaired) electrons. The fraction of sp³-hybridized carbons (Fsp3) is 0.516. The summed E-state index contributed by atoms with van der Waals surface area (Å²) in [5.41, 5.74) is 4.06. The van der Waals surface area contributed by atoms with Crippen LogP contribution in [0, 0.1) is 6.57 Å². The number of carbonyl (C=O) groups is 1. The fourth-order valence-corrected chi connectivity index (χ4v) is 5.47. The summed E-state index contributed by atoms with van der Waals surface area (Å²) < 4.78 is 17.4. The first-order chi connectivity index (χ1) is 19.1. The first kappa shape index (κ1) is 27.8. The third kappa shape index (κ3) is 6.18. The highest BCUT2D eigenvalue weighted by atomic mass is 16.8. The van der Waals surface area contributed by atoms with Gasteiger partial charge >= 0.3 is 6.09 Å². The van der Waals surface area contributed by atoms with Crippen molar-refractivity contribution in [2.45, 2.75) is 90.4 Å². The Labute approximate surface area is 236 Å². The number of nitrogens with one attached hydrogen (secondary N) is 1. The monoisotopic (exact) mass is 546 g/mol. The zero-order chi connectivity index (χ0) is 28.4. The lowest BCUT2D eigenvalue weighted by atomic mass is 10.00. The van der Waals surface area contributed by atoms with Gasteiger partial charge in [0.2, 0.25) is 5.69 Å². The van der Waals surface area contributed by atoms with E-state index in [0.717, 1.165) is 31.2 Å². The molecule has 0 aromatic heterocycles. The molecular formula is C31H38N4O5. The quantitative estimate of drug-likeness (QED) is 0.422. The average molecular weight is 547 g/mol. The SMILES string of the molecule is [C-]#[N+]c1cc(C2ON=C(c3cccc4c3CCC4NC3CCN(C(=O)OC(C)(C)C)CC3)O2)ccc1OC(C)C. The number of amides is 1. The summed E-state index contributed by atoms with van der Waals surface area (Å²) in [7, 11) is 0. The highest BCUT2D eigenvalue weighted by Gasteiger charge is 2.33. The molecule has 1 N–H and O–H groups in total. The van der Waals surface area contributed by atoms with Gasteiger partial charge in [-0.05, 0) is 94.8 Å². The lowest BCUT2D eigenvalue weighted by Crippen LogP contribution is -2.47. The predicted octanol–water partition coefficient (Wildman–Crippen LogP) is 6.41. The van der Waals surface area contributed by atoms with Crippen LogP contribution in [-0.4, -0.2) is 47.7 Å². The highest BCUT2D eigenvalue weighted by Crippen LogP contribution is 2.38. The fourth-order valence-electron chi connectivity index (χ4n) is 5.47. The molecule has 1 saturated heterocycles. The number of hydrogen-bond acceptors (Lipinski definition) is 7. The molecule has 2 aromatic carbocycles. The second kappa shape index (κ2) is 11.4. The predicted molar refractivity (Wildman–Crippen MR) is 151 cm³/mol. The topological polar surface area (TPSA) is 86.0 Å². The van der Waals surface area contributed by atoms with Crippen molar-refractivity contribution in [1.82, 2.24) is 10.2 Å². The molecule has 1 amide bonds. The third-order valence-electron chi connectivity index (χ3n) is 7.27. The van der Waals surface area contributed by atoms with Gasteiger partial charge in [0.15, 0.2) is 0 Å². The molecule has 3 aliphatic rings. The van der Waals surface area contributed by atoms with Crippen LogP contribution in [0.1, 0.15) is 88.5 Å². The van der Waals surface area contributed by atoms with Gasteiger partial charge in [-0.15, -0.1) is 0 Å². The molecule has 1 aliphatic carbocycles. The van der Waals surface area contributed by atoms with Crippen molar-refractivity contribution >= 4 is 17.7 Å². The smallest absolute Gasteiger partial charge is 0.410 e. The molecular weight excluding hydrogens is 508 g/mol. The number of ether oxygens (including phenoxy) is 3. The van der Waals surface area contributed by atoms with Crippen molar-refractivity contribution in [3.05, 3.63) is 70.1 Å². The van der Waals surface area contributed by atoms with Crippen LogP contribution >= 0.6 is 0 Å². The van der Waals surface area contributed by atoms with E-state index in [-0.39, 0.29) is 18.2 Å². The number of rotatable bonds is 6. The molecule has 0 spiro atoms. The largest absolute Gasteiger partial charge is 0.502 e. The summed E-state index contributed by atoms with van der Waals surface area (Å²) in [6.07, 6.45) is 2.71. The van der Waals surface area contributed by atoms with Gasteiger partial charge in [0.1, 0.15) is 11.4 Å². The zero-order valence-electron chi connectivity index (χ0n) is 23.9. The van der Waals surface area contributed by atoms with Crippen LogP contribution < -0.4 is 10.1 Å². The van der Waals surface area contributed by atoms with Gasteiger partial charge in [-0.25, -0.2) is 9.64 Å². The minimum Gasteiger partial charge on any atom is -0.502 e. The first-order valence-electron chi connectivity index (χ1n) is 14.1. The zero-order valence-corrected chi connectivity index (χ0v) is 23.9. The Hall–Kier alpha value is -3.77. The van der Waals surface area contributed by atoms with Crippen LogP contribution in [0.5, 0.6) is 5.75 Å². The summed E-state index contributed by atoms with van der Waals surface area (Å²) >= 11 is 0. The molecule has 9 nitrogen and oxygen atoms in total. The van der Waals surface area contributed by atoms with E-state index in [1.807, 2.05) is 57.7 Å². The number of fused-ring (bicyclic) bond motifs is 1. The number of nitrogens with zero attached hydrogens (tertiary/aromatic N) is 3. The van der Waals surface area contributed by atoms with Crippen molar-refractivity contribution in [3.63, 3.8) is 0 Å². The van der Waals surface area contributed by atoms with Crippen molar-refractivity contribution in [2.24, 2.45) is 5.16 Å². The minimum atomic E-state index is -0.718. The van der Waals surface area contributed by atoms with E-state index in [0.29, 0.717) is 42.0 Å². The van der Waals surface area contributed by atoms with E-state index >= 15 is 0 Å². The molecule has 2 aromatic rings. The van der Waals surface area contributed by atoms with Crippen LogP contribution in [0.25, 0.3) is 4.85 Å². The number of carbonyl (C=O) groups excluding carboxylic acids is 1. The summed E-state index contributed by atoms with van der Waals surface area (Å²) in [4.78, 5) is 23.5. The number of oxime groups is 1. The summed E-state index contributed by atoms with van der Waals surface area (Å²) in [5.74, 6) is 1.00. The Balaban J connectivity index is 1.21. The lowest BCUT2D eigenvalue weighted by Gasteiger charge is -2.35. The molecule has 9 heteroatoms. The molecule has 2 aliphatic heterocycles.